The molecule has 0 fully saturated rings. The van der Waals surface area contributed by atoms with E-state index in [-0.39, 0.29) is 5.75 Å². The van der Waals surface area contributed by atoms with Crippen molar-refractivity contribution in [1.29, 1.82) is 0 Å². The monoisotopic (exact) mass is 474 g/mol. The van der Waals surface area contributed by atoms with Gasteiger partial charge in [-0.15, -0.1) is 0 Å². The summed E-state index contributed by atoms with van der Waals surface area (Å²) in [6.45, 7) is 3.89. The van der Waals surface area contributed by atoms with Gasteiger partial charge in [0.05, 0.1) is 6.21 Å². The molecule has 0 heterocycles. The van der Waals surface area contributed by atoms with Crippen LogP contribution in [0.15, 0.2) is 76.3 Å². The Bertz CT molecular complexity index is 1000. The minimum Gasteiger partial charge on any atom is -0.507 e. The molecule has 0 amide bonds. The Labute approximate surface area is 177 Å². The standard InChI is InChI=1S/C21H20BrN2O4P/c1-15-3-8-19(9-4-15)27-29(26,28-20-10-5-16(2)6-11-20)24-23-14-17-13-18(22)7-12-21(17)25/h3-14,25H,1-2H3,(H,24,26)/b23-14+. The highest BCUT2D eigenvalue weighted by molar-refractivity contribution is 9.10. The minimum absolute atomic E-state index is 0.0347. The predicted octanol–water partition coefficient (Wildman–Crippen LogP) is 5.96. The Morgan fingerprint density at radius 2 is 1.45 bits per heavy atom. The van der Waals surface area contributed by atoms with Crippen molar-refractivity contribution in [3.63, 3.8) is 0 Å². The fraction of sp³-hybridized carbons (Fsp3) is 0.0952. The normalized spacial score (nSPS) is 11.4. The van der Waals surface area contributed by atoms with E-state index in [1.165, 1.54) is 12.3 Å². The summed E-state index contributed by atoms with van der Waals surface area (Å²) in [4.78, 5) is 0. The number of aromatic hydroxyl groups is 1. The smallest absolute Gasteiger partial charge is 0.507 e. The van der Waals surface area contributed by atoms with Crippen LogP contribution in [0, 0.1) is 13.8 Å². The van der Waals surface area contributed by atoms with Gasteiger partial charge in [-0.2, -0.15) is 10.3 Å². The van der Waals surface area contributed by atoms with Crippen LogP contribution in [-0.4, -0.2) is 11.3 Å². The zero-order chi connectivity index (χ0) is 20.9. The molecule has 3 aromatic rings. The number of phenols is 1. The number of hydrazone groups is 1. The van der Waals surface area contributed by atoms with E-state index in [4.69, 9.17) is 9.05 Å². The van der Waals surface area contributed by atoms with Gasteiger partial charge in [0.15, 0.2) is 0 Å². The van der Waals surface area contributed by atoms with Crippen LogP contribution >= 0.6 is 23.7 Å². The Hall–Kier alpha value is -2.76. The van der Waals surface area contributed by atoms with Gasteiger partial charge in [-0.1, -0.05) is 51.3 Å². The van der Waals surface area contributed by atoms with Crippen molar-refractivity contribution in [3.05, 3.63) is 87.9 Å². The number of nitrogens with one attached hydrogen (secondary N) is 1. The summed E-state index contributed by atoms with van der Waals surface area (Å²) in [7, 11) is -3.90. The van der Waals surface area contributed by atoms with E-state index < -0.39 is 7.75 Å². The van der Waals surface area contributed by atoms with Gasteiger partial charge in [-0.05, 0) is 56.3 Å². The van der Waals surface area contributed by atoms with Crippen molar-refractivity contribution in [3.8, 4) is 17.2 Å². The first-order chi connectivity index (χ1) is 13.8. The highest BCUT2D eigenvalue weighted by atomic mass is 79.9. The molecule has 0 aliphatic carbocycles. The SMILES string of the molecule is Cc1ccc(OP(=O)(N/N=C/c2cc(Br)ccc2O)Oc2ccc(C)cc2)cc1. The molecule has 0 aromatic heterocycles. The number of hydrogen-bond acceptors (Lipinski definition) is 5. The summed E-state index contributed by atoms with van der Waals surface area (Å²) in [5, 5.41) is 16.4. The molecule has 3 rings (SSSR count). The Morgan fingerprint density at radius 3 is 1.97 bits per heavy atom. The number of rotatable bonds is 7. The molecule has 0 saturated heterocycles. The van der Waals surface area contributed by atoms with Gasteiger partial charge in [-0.3, -0.25) is 0 Å². The molecule has 29 heavy (non-hydrogen) atoms. The van der Waals surface area contributed by atoms with E-state index in [0.717, 1.165) is 15.6 Å². The van der Waals surface area contributed by atoms with E-state index in [1.807, 2.05) is 38.1 Å². The molecule has 8 heteroatoms. The molecule has 0 radical (unpaired) electrons. The van der Waals surface area contributed by atoms with Gasteiger partial charge in [0, 0.05) is 10.0 Å². The topological polar surface area (TPSA) is 80.2 Å². The zero-order valence-corrected chi connectivity index (χ0v) is 18.4. The lowest BCUT2D eigenvalue weighted by molar-refractivity contribution is 0.372. The molecule has 0 aliphatic rings. The molecular weight excluding hydrogens is 455 g/mol. The van der Waals surface area contributed by atoms with Gasteiger partial charge in [0.25, 0.3) is 0 Å². The van der Waals surface area contributed by atoms with Crippen molar-refractivity contribution in [2.75, 3.05) is 0 Å². The fourth-order valence-electron chi connectivity index (χ4n) is 2.33. The molecule has 2 N–H and O–H groups in total. The maximum absolute atomic E-state index is 13.3. The quantitative estimate of drug-likeness (QED) is 0.250. The molecular formula is C21H20BrN2O4P. The summed E-state index contributed by atoms with van der Waals surface area (Å²) in [6, 6.07) is 19.1. The summed E-state index contributed by atoms with van der Waals surface area (Å²) in [5.41, 5.74) is 2.52. The van der Waals surface area contributed by atoms with Crippen LogP contribution in [0.3, 0.4) is 0 Å². The van der Waals surface area contributed by atoms with Crippen LogP contribution in [0.5, 0.6) is 17.2 Å². The molecule has 0 saturated carbocycles. The van der Waals surface area contributed by atoms with Gasteiger partial charge < -0.3 is 14.2 Å². The van der Waals surface area contributed by atoms with Crippen LogP contribution in [0.2, 0.25) is 0 Å². The van der Waals surface area contributed by atoms with Crippen LogP contribution in [0.25, 0.3) is 0 Å². The summed E-state index contributed by atoms with van der Waals surface area (Å²) >= 11 is 3.33. The third kappa shape index (κ3) is 6.11. The lowest BCUT2D eigenvalue weighted by Crippen LogP contribution is -2.14. The lowest BCUT2D eigenvalue weighted by atomic mass is 10.2. The van der Waals surface area contributed by atoms with Gasteiger partial charge >= 0.3 is 7.75 Å². The number of hydrogen-bond donors (Lipinski definition) is 2. The molecule has 0 atom stereocenters. The molecule has 0 unspecified atom stereocenters. The summed E-state index contributed by atoms with van der Waals surface area (Å²) in [5.74, 6) is 0.783. The lowest BCUT2D eigenvalue weighted by Gasteiger charge is -2.18. The van der Waals surface area contributed by atoms with E-state index >= 15 is 0 Å². The molecule has 0 spiro atoms. The van der Waals surface area contributed by atoms with Gasteiger partial charge in [-0.25, -0.2) is 4.57 Å². The largest absolute Gasteiger partial charge is 0.557 e. The van der Waals surface area contributed by atoms with E-state index in [1.54, 1.807) is 36.4 Å². The number of benzene rings is 3. The van der Waals surface area contributed by atoms with Crippen molar-refractivity contribution >= 4 is 29.9 Å². The Kier molecular flexibility index (Phi) is 6.62. The third-order valence-electron chi connectivity index (χ3n) is 3.87. The summed E-state index contributed by atoms with van der Waals surface area (Å²) < 4.78 is 25.3. The molecule has 0 aliphatic heterocycles. The second-order valence-corrected chi connectivity index (χ2v) is 8.84. The molecule has 0 bridgehead atoms. The number of halogens is 1. The van der Waals surface area contributed by atoms with Gasteiger partial charge in [0.2, 0.25) is 0 Å². The predicted molar refractivity (Wildman–Crippen MR) is 118 cm³/mol. The summed E-state index contributed by atoms with van der Waals surface area (Å²) in [6.07, 6.45) is 1.34. The fourth-order valence-corrected chi connectivity index (χ4v) is 3.83. The Morgan fingerprint density at radius 1 is 0.931 bits per heavy atom. The highest BCUT2D eigenvalue weighted by Crippen LogP contribution is 2.44. The van der Waals surface area contributed by atoms with Crippen molar-refractivity contribution in [2.45, 2.75) is 13.8 Å². The van der Waals surface area contributed by atoms with Crippen molar-refractivity contribution in [2.24, 2.45) is 5.10 Å². The average Bonchev–Trinajstić information content (AvgIpc) is 2.68. The second kappa shape index (κ2) is 9.16. The first kappa shape index (κ1) is 21.0. The van der Waals surface area contributed by atoms with E-state index in [9.17, 15) is 9.67 Å². The van der Waals surface area contributed by atoms with Gasteiger partial charge in [0.1, 0.15) is 17.2 Å². The first-order valence-electron chi connectivity index (χ1n) is 8.74. The highest BCUT2D eigenvalue weighted by Gasteiger charge is 2.28. The van der Waals surface area contributed by atoms with Crippen molar-refractivity contribution in [1.82, 2.24) is 5.20 Å². The van der Waals surface area contributed by atoms with E-state index in [2.05, 4.69) is 26.2 Å². The van der Waals surface area contributed by atoms with Crippen LogP contribution in [0.4, 0.5) is 0 Å². The number of nitrogens with zero attached hydrogens (tertiary/aromatic N) is 1. The second-order valence-electron chi connectivity index (χ2n) is 6.37. The maximum atomic E-state index is 13.3. The minimum atomic E-state index is -3.90. The van der Waals surface area contributed by atoms with Crippen molar-refractivity contribution < 1.29 is 18.7 Å². The average molecular weight is 475 g/mol. The first-order valence-corrected chi connectivity index (χ1v) is 11.1. The third-order valence-corrected chi connectivity index (χ3v) is 5.62. The molecule has 6 nitrogen and oxygen atoms in total. The van der Waals surface area contributed by atoms with Crippen LogP contribution in [-0.2, 0) is 4.57 Å². The zero-order valence-electron chi connectivity index (χ0n) is 15.9. The van der Waals surface area contributed by atoms with Crippen LogP contribution < -0.4 is 14.2 Å². The Balaban J connectivity index is 1.83. The molecule has 150 valence electrons. The number of aryl methyl sites for hydroxylation is 2. The maximum Gasteiger partial charge on any atom is 0.557 e. The van der Waals surface area contributed by atoms with E-state index in [0.29, 0.717) is 17.1 Å². The number of phenolic OH excluding ortho intramolecular Hbond substituents is 1. The van der Waals surface area contributed by atoms with Crippen LogP contribution in [0.1, 0.15) is 16.7 Å². The molecule has 3 aromatic carbocycles.